The molecule has 1 saturated carbocycles. The van der Waals surface area contributed by atoms with E-state index in [-0.39, 0.29) is 31.1 Å². The van der Waals surface area contributed by atoms with Gasteiger partial charge in [-0.3, -0.25) is 0 Å². The molecule has 4 nitrogen and oxygen atoms in total. The zero-order chi connectivity index (χ0) is 12.3. The summed E-state index contributed by atoms with van der Waals surface area (Å²) in [6, 6.07) is 0. The average Bonchev–Trinajstić information content (AvgIpc) is 2.37. The van der Waals surface area contributed by atoms with Gasteiger partial charge in [0.05, 0.1) is 19.3 Å². The van der Waals surface area contributed by atoms with Gasteiger partial charge in [-0.25, -0.2) is 4.79 Å². The summed E-state index contributed by atoms with van der Waals surface area (Å²) in [5.74, 6) is -0.217. The van der Waals surface area contributed by atoms with E-state index < -0.39 is 0 Å². The third kappa shape index (κ3) is 8.72. The summed E-state index contributed by atoms with van der Waals surface area (Å²) in [4.78, 5) is 11.4. The van der Waals surface area contributed by atoms with Gasteiger partial charge < -0.3 is 27.6 Å². The van der Waals surface area contributed by atoms with Crippen molar-refractivity contribution in [2.24, 2.45) is 0 Å². The van der Waals surface area contributed by atoms with E-state index in [0.29, 0.717) is 6.61 Å². The van der Waals surface area contributed by atoms with Crippen molar-refractivity contribution in [2.75, 3.05) is 19.8 Å². The second kappa shape index (κ2) is 11.8. The highest BCUT2D eigenvalue weighted by molar-refractivity contribution is 5.70. The van der Waals surface area contributed by atoms with Crippen molar-refractivity contribution in [2.45, 2.75) is 57.5 Å². The maximum Gasteiger partial charge on any atom is 0.332 e. The predicted molar refractivity (Wildman–Crippen MR) is 65.4 cm³/mol. The summed E-state index contributed by atoms with van der Waals surface area (Å²) >= 11 is 0. The van der Waals surface area contributed by atoms with Gasteiger partial charge in [-0.05, 0) is 32.1 Å². The third-order valence-electron chi connectivity index (χ3n) is 3.15. The van der Waals surface area contributed by atoms with E-state index in [1.54, 1.807) is 0 Å². The van der Waals surface area contributed by atoms with Crippen LogP contribution in [-0.4, -0.2) is 31.8 Å². The molecule has 0 heterocycles. The van der Waals surface area contributed by atoms with Crippen molar-refractivity contribution < 1.29 is 32.4 Å². The van der Waals surface area contributed by atoms with Gasteiger partial charge in [0.15, 0.2) is 0 Å². The maximum atomic E-state index is 11.4. The van der Waals surface area contributed by atoms with Crippen LogP contribution in [-0.2, 0) is 14.3 Å². The van der Waals surface area contributed by atoms with Crippen LogP contribution in [0.4, 0.5) is 0 Å². The minimum absolute atomic E-state index is 0. The molecule has 1 aliphatic carbocycles. The molecule has 0 aliphatic heterocycles. The van der Waals surface area contributed by atoms with Gasteiger partial charge in [0, 0.05) is 0 Å². The van der Waals surface area contributed by atoms with Crippen LogP contribution in [0.1, 0.15) is 51.4 Å². The van der Waals surface area contributed by atoms with Crippen molar-refractivity contribution in [3.8, 4) is 0 Å². The van der Waals surface area contributed by atoms with Crippen LogP contribution in [0, 0.1) is 0 Å². The number of carbonyl (C=O) groups is 1. The summed E-state index contributed by atoms with van der Waals surface area (Å²) in [5, 5.41) is 0. The molecule has 0 unspecified atom stereocenters. The first-order chi connectivity index (χ1) is 8.33. The van der Waals surface area contributed by atoms with E-state index in [9.17, 15) is 4.79 Å². The number of quaternary nitrogens is 1. The largest absolute Gasteiger partial charge is 1.00 e. The van der Waals surface area contributed by atoms with Gasteiger partial charge in [0.1, 0.15) is 6.61 Å². The first kappa shape index (κ1) is 17.7. The Bertz CT molecular complexity index is 208. The zero-order valence-corrected chi connectivity index (χ0v) is 11.9. The molecular weight excluding hydrogens is 254 g/mol. The van der Waals surface area contributed by atoms with Crippen molar-refractivity contribution in [3.05, 3.63) is 0 Å². The highest BCUT2D eigenvalue weighted by atomic mass is 35.5. The van der Waals surface area contributed by atoms with Gasteiger partial charge in [-0.15, -0.1) is 0 Å². The topological polar surface area (TPSA) is 63.2 Å². The van der Waals surface area contributed by atoms with Crippen LogP contribution in [0.2, 0.25) is 0 Å². The average molecular weight is 280 g/mol. The molecule has 1 aliphatic rings. The van der Waals surface area contributed by atoms with Crippen LogP contribution in [0.25, 0.3) is 0 Å². The van der Waals surface area contributed by atoms with E-state index in [0.717, 1.165) is 38.6 Å². The molecule has 1 fully saturated rings. The fourth-order valence-electron chi connectivity index (χ4n) is 2.10. The Balaban J connectivity index is 0.00000289. The van der Waals surface area contributed by atoms with Crippen molar-refractivity contribution in [3.63, 3.8) is 0 Å². The molecule has 0 bridgehead atoms. The highest BCUT2D eigenvalue weighted by Gasteiger charge is 2.15. The summed E-state index contributed by atoms with van der Waals surface area (Å²) in [6.07, 6.45) is 9.35. The quantitative estimate of drug-likeness (QED) is 0.425. The molecule has 1 rings (SSSR count). The normalized spacial score (nSPS) is 16.1. The second-order valence-corrected chi connectivity index (χ2v) is 4.71. The van der Waals surface area contributed by atoms with Crippen LogP contribution in [0.5, 0.6) is 0 Å². The molecular formula is C13H26ClNO3. The first-order valence-corrected chi connectivity index (χ1v) is 6.89. The lowest BCUT2D eigenvalue weighted by Gasteiger charge is -2.21. The minimum Gasteiger partial charge on any atom is -1.00 e. The van der Waals surface area contributed by atoms with E-state index in [1.165, 1.54) is 19.3 Å². The van der Waals surface area contributed by atoms with Gasteiger partial charge in [0.2, 0.25) is 0 Å². The molecule has 0 spiro atoms. The Kier molecular flexibility index (Phi) is 11.5. The molecule has 18 heavy (non-hydrogen) atoms. The summed E-state index contributed by atoms with van der Waals surface area (Å²) in [5.41, 5.74) is 3.77. The molecule has 5 heteroatoms. The fraction of sp³-hybridized carbons (Fsp3) is 0.923. The third-order valence-corrected chi connectivity index (χ3v) is 3.15. The molecule has 0 aromatic heterocycles. The Morgan fingerprint density at radius 3 is 2.50 bits per heavy atom. The number of carbonyl (C=O) groups excluding carboxylic acids is 1. The smallest absolute Gasteiger partial charge is 0.332 e. The second-order valence-electron chi connectivity index (χ2n) is 4.71. The van der Waals surface area contributed by atoms with Gasteiger partial charge in [-0.2, -0.15) is 0 Å². The number of rotatable bonds is 8. The summed E-state index contributed by atoms with van der Waals surface area (Å²) < 4.78 is 10.6. The van der Waals surface area contributed by atoms with Gasteiger partial charge in [0.25, 0.3) is 0 Å². The molecule has 0 aromatic rings. The molecule has 3 N–H and O–H groups in total. The Morgan fingerprint density at radius 1 is 1.11 bits per heavy atom. The lowest BCUT2D eigenvalue weighted by atomic mass is 9.98. The lowest BCUT2D eigenvalue weighted by Crippen LogP contribution is -3.00. The maximum absolute atomic E-state index is 11.4. The minimum atomic E-state index is -0.217. The zero-order valence-electron chi connectivity index (χ0n) is 11.2. The Morgan fingerprint density at radius 2 is 1.83 bits per heavy atom. The van der Waals surface area contributed by atoms with Crippen molar-refractivity contribution >= 4 is 5.97 Å². The molecule has 0 amide bonds. The van der Waals surface area contributed by atoms with E-state index >= 15 is 0 Å². The number of unbranched alkanes of at least 4 members (excludes halogenated alkanes) is 2. The number of esters is 1. The van der Waals surface area contributed by atoms with Crippen molar-refractivity contribution in [1.82, 2.24) is 0 Å². The molecule has 0 radical (unpaired) electrons. The standard InChI is InChI=1S/C13H25NO3.ClH/c14-9-5-2-6-10-16-13(15)11-17-12-7-3-1-4-8-12;/h12H,1-11,14H2;1H. The first-order valence-electron chi connectivity index (χ1n) is 6.89. The van der Waals surface area contributed by atoms with Crippen molar-refractivity contribution in [1.29, 1.82) is 0 Å². The van der Waals surface area contributed by atoms with Crippen LogP contribution < -0.4 is 18.1 Å². The number of halogens is 1. The van der Waals surface area contributed by atoms with Crippen LogP contribution >= 0.6 is 0 Å². The van der Waals surface area contributed by atoms with E-state index in [1.807, 2.05) is 0 Å². The number of ether oxygens (including phenoxy) is 2. The molecule has 0 aromatic carbocycles. The Hall–Kier alpha value is -0.320. The molecule has 0 atom stereocenters. The van der Waals surface area contributed by atoms with E-state index in [4.69, 9.17) is 9.47 Å². The Labute approximate surface area is 116 Å². The number of hydrogen-bond acceptors (Lipinski definition) is 3. The van der Waals surface area contributed by atoms with Gasteiger partial charge in [-0.1, -0.05) is 19.3 Å². The van der Waals surface area contributed by atoms with Crippen LogP contribution in [0.3, 0.4) is 0 Å². The molecule has 0 saturated heterocycles. The summed E-state index contributed by atoms with van der Waals surface area (Å²) in [6.45, 7) is 1.60. The highest BCUT2D eigenvalue weighted by Crippen LogP contribution is 2.20. The predicted octanol–water partition coefficient (Wildman–Crippen LogP) is -1.70. The van der Waals surface area contributed by atoms with E-state index in [2.05, 4.69) is 5.73 Å². The fourth-order valence-corrected chi connectivity index (χ4v) is 2.10. The lowest BCUT2D eigenvalue weighted by molar-refractivity contribution is -0.368. The molecule has 108 valence electrons. The SMILES string of the molecule is [Cl-].[NH3+]CCCCCOC(=O)COC1CCCCC1. The number of hydrogen-bond donors (Lipinski definition) is 1. The summed E-state index contributed by atoms with van der Waals surface area (Å²) in [7, 11) is 0. The van der Waals surface area contributed by atoms with Crippen LogP contribution in [0.15, 0.2) is 0 Å². The monoisotopic (exact) mass is 279 g/mol. The van der Waals surface area contributed by atoms with Gasteiger partial charge >= 0.3 is 5.97 Å².